The van der Waals surface area contributed by atoms with Crippen LogP contribution in [0.2, 0.25) is 0 Å². The number of carbonyl (C=O) groups excluding carboxylic acids is 2. The Morgan fingerprint density at radius 2 is 1.77 bits per heavy atom. The molecular formula is C19H27N5O2. The summed E-state index contributed by atoms with van der Waals surface area (Å²) >= 11 is 0. The Bertz CT molecular complexity index is 795. The Labute approximate surface area is 154 Å². The number of benzene rings is 1. The van der Waals surface area contributed by atoms with Crippen molar-refractivity contribution in [3.05, 3.63) is 41.2 Å². The van der Waals surface area contributed by atoms with Gasteiger partial charge in [0.05, 0.1) is 29.7 Å². The molecule has 2 N–H and O–H groups in total. The van der Waals surface area contributed by atoms with Crippen molar-refractivity contribution < 1.29 is 9.59 Å². The number of aryl methyl sites for hydroxylation is 3. The molecular weight excluding hydrogens is 330 g/mol. The monoisotopic (exact) mass is 357 g/mol. The molecule has 1 heterocycles. The fourth-order valence-electron chi connectivity index (χ4n) is 2.58. The number of anilines is 2. The molecule has 0 saturated carbocycles. The fraction of sp³-hybridized carbons (Fsp3) is 0.421. The zero-order chi connectivity index (χ0) is 19.4. The first-order valence-corrected chi connectivity index (χ1v) is 8.57. The number of aromatic nitrogens is 2. The molecule has 2 rings (SSSR count). The first-order chi connectivity index (χ1) is 12.2. The number of rotatable bonds is 6. The summed E-state index contributed by atoms with van der Waals surface area (Å²) < 4.78 is 1.73. The van der Waals surface area contributed by atoms with Gasteiger partial charge in [-0.1, -0.05) is 17.7 Å². The van der Waals surface area contributed by atoms with E-state index in [0.717, 1.165) is 28.3 Å². The first kappa shape index (κ1) is 19.7. The largest absolute Gasteiger partial charge is 0.325 e. The lowest BCUT2D eigenvalue weighted by atomic mass is 10.2. The number of hydrogen-bond donors (Lipinski definition) is 2. The van der Waals surface area contributed by atoms with Crippen LogP contribution < -0.4 is 10.6 Å². The Morgan fingerprint density at radius 1 is 1.15 bits per heavy atom. The van der Waals surface area contributed by atoms with Crippen LogP contribution >= 0.6 is 0 Å². The highest BCUT2D eigenvalue weighted by molar-refractivity contribution is 5.96. The number of nitrogens with zero attached hydrogens (tertiary/aromatic N) is 3. The highest BCUT2D eigenvalue weighted by Crippen LogP contribution is 2.19. The second kappa shape index (κ2) is 8.14. The van der Waals surface area contributed by atoms with E-state index in [-0.39, 0.29) is 18.4 Å². The van der Waals surface area contributed by atoms with E-state index in [1.807, 2.05) is 52.1 Å². The van der Waals surface area contributed by atoms with Gasteiger partial charge in [-0.15, -0.1) is 0 Å². The molecule has 7 heteroatoms. The average Bonchev–Trinajstić information content (AvgIpc) is 2.82. The summed E-state index contributed by atoms with van der Waals surface area (Å²) in [4.78, 5) is 26.4. The second-order valence-corrected chi connectivity index (χ2v) is 6.66. The van der Waals surface area contributed by atoms with E-state index < -0.39 is 6.04 Å². The molecule has 7 nitrogen and oxygen atoms in total. The minimum absolute atomic E-state index is 0.119. The Kier molecular flexibility index (Phi) is 6.15. The maximum Gasteiger partial charge on any atom is 0.241 e. The van der Waals surface area contributed by atoms with Gasteiger partial charge in [0.1, 0.15) is 0 Å². The van der Waals surface area contributed by atoms with E-state index >= 15 is 0 Å². The van der Waals surface area contributed by atoms with E-state index in [1.54, 1.807) is 23.6 Å². The van der Waals surface area contributed by atoms with Crippen molar-refractivity contribution >= 4 is 23.2 Å². The van der Waals surface area contributed by atoms with Crippen molar-refractivity contribution in [2.24, 2.45) is 7.05 Å². The van der Waals surface area contributed by atoms with Crippen molar-refractivity contribution in [2.75, 3.05) is 24.2 Å². The van der Waals surface area contributed by atoms with Crippen molar-refractivity contribution in [1.82, 2.24) is 14.7 Å². The standard InChI is InChI=1S/C19H27N5O2/c1-12-7-9-16(10-8-12)20-17(25)11-23(5)15(4)19(26)21-18-13(2)22-24(6)14(18)3/h7-10,15H,11H2,1-6H3,(H,20,25)(H,21,26)/t15-/m0/s1. The van der Waals surface area contributed by atoms with E-state index in [4.69, 9.17) is 0 Å². The van der Waals surface area contributed by atoms with E-state index in [9.17, 15) is 9.59 Å². The molecule has 0 unspecified atom stereocenters. The quantitative estimate of drug-likeness (QED) is 0.831. The summed E-state index contributed by atoms with van der Waals surface area (Å²) in [5.74, 6) is -0.334. The first-order valence-electron chi connectivity index (χ1n) is 8.57. The Balaban J connectivity index is 1.93. The predicted molar refractivity (Wildman–Crippen MR) is 103 cm³/mol. The van der Waals surface area contributed by atoms with E-state index in [0.29, 0.717) is 0 Å². The molecule has 140 valence electrons. The molecule has 0 fully saturated rings. The van der Waals surface area contributed by atoms with Gasteiger partial charge in [0, 0.05) is 12.7 Å². The second-order valence-electron chi connectivity index (χ2n) is 6.66. The molecule has 1 aromatic carbocycles. The van der Waals surface area contributed by atoms with Crippen LogP contribution in [0.3, 0.4) is 0 Å². The van der Waals surface area contributed by atoms with Crippen LogP contribution in [0, 0.1) is 20.8 Å². The molecule has 0 aliphatic rings. The van der Waals surface area contributed by atoms with Gasteiger partial charge in [0.2, 0.25) is 11.8 Å². The van der Waals surface area contributed by atoms with Crippen LogP contribution in [0.25, 0.3) is 0 Å². The molecule has 0 bridgehead atoms. The minimum Gasteiger partial charge on any atom is -0.325 e. The number of hydrogen-bond acceptors (Lipinski definition) is 4. The Hall–Kier alpha value is -2.67. The molecule has 0 spiro atoms. The SMILES string of the molecule is Cc1ccc(NC(=O)CN(C)[C@@H](C)C(=O)Nc2c(C)nn(C)c2C)cc1. The lowest BCUT2D eigenvalue weighted by molar-refractivity contribution is -0.122. The summed E-state index contributed by atoms with van der Waals surface area (Å²) in [5.41, 5.74) is 4.26. The highest BCUT2D eigenvalue weighted by atomic mass is 16.2. The topological polar surface area (TPSA) is 79.3 Å². The maximum absolute atomic E-state index is 12.5. The maximum atomic E-state index is 12.5. The lowest BCUT2D eigenvalue weighted by Gasteiger charge is -2.23. The van der Waals surface area contributed by atoms with Gasteiger partial charge in [0.15, 0.2) is 0 Å². The predicted octanol–water partition coefficient (Wildman–Crippen LogP) is 2.24. The molecule has 0 radical (unpaired) electrons. The highest BCUT2D eigenvalue weighted by Gasteiger charge is 2.22. The zero-order valence-electron chi connectivity index (χ0n) is 16.3. The lowest BCUT2D eigenvalue weighted by Crippen LogP contribution is -2.43. The molecule has 1 aromatic heterocycles. The van der Waals surface area contributed by atoms with Crippen LogP contribution in [-0.4, -0.2) is 46.1 Å². The third kappa shape index (κ3) is 4.70. The number of likely N-dealkylation sites (N-methyl/N-ethyl adjacent to an activating group) is 1. The van der Waals surface area contributed by atoms with Crippen LogP contribution in [-0.2, 0) is 16.6 Å². The van der Waals surface area contributed by atoms with Crippen molar-refractivity contribution in [1.29, 1.82) is 0 Å². The summed E-state index contributed by atoms with van der Waals surface area (Å²) in [5, 5.41) is 10.0. The third-order valence-electron chi connectivity index (χ3n) is 4.53. The van der Waals surface area contributed by atoms with Crippen molar-refractivity contribution in [2.45, 2.75) is 33.7 Å². The Morgan fingerprint density at radius 3 is 2.31 bits per heavy atom. The summed E-state index contributed by atoms with van der Waals surface area (Å²) in [6.07, 6.45) is 0. The molecule has 0 aliphatic heterocycles. The van der Waals surface area contributed by atoms with Crippen molar-refractivity contribution in [3.8, 4) is 0 Å². The fourth-order valence-corrected chi connectivity index (χ4v) is 2.58. The van der Waals surface area contributed by atoms with E-state index in [1.165, 1.54) is 0 Å². The number of carbonyl (C=O) groups is 2. The van der Waals surface area contributed by atoms with Crippen LogP contribution in [0.4, 0.5) is 11.4 Å². The molecule has 2 aromatic rings. The van der Waals surface area contributed by atoms with E-state index in [2.05, 4.69) is 15.7 Å². The average molecular weight is 357 g/mol. The smallest absolute Gasteiger partial charge is 0.241 e. The van der Waals surface area contributed by atoms with Gasteiger partial charge >= 0.3 is 0 Å². The molecule has 2 amide bonds. The molecule has 0 saturated heterocycles. The third-order valence-corrected chi connectivity index (χ3v) is 4.53. The van der Waals surface area contributed by atoms with Gasteiger partial charge in [-0.2, -0.15) is 5.10 Å². The number of amides is 2. The van der Waals surface area contributed by atoms with Gasteiger partial charge in [-0.3, -0.25) is 19.2 Å². The zero-order valence-corrected chi connectivity index (χ0v) is 16.3. The van der Waals surface area contributed by atoms with Gasteiger partial charge in [-0.25, -0.2) is 0 Å². The summed E-state index contributed by atoms with van der Waals surface area (Å²) in [6.45, 7) is 7.64. The van der Waals surface area contributed by atoms with Crippen LogP contribution in [0.15, 0.2) is 24.3 Å². The minimum atomic E-state index is -0.460. The van der Waals surface area contributed by atoms with Gasteiger partial charge in [0.25, 0.3) is 0 Å². The van der Waals surface area contributed by atoms with Crippen LogP contribution in [0.5, 0.6) is 0 Å². The summed E-state index contributed by atoms with van der Waals surface area (Å²) in [6, 6.07) is 7.13. The van der Waals surface area contributed by atoms with Crippen molar-refractivity contribution in [3.63, 3.8) is 0 Å². The van der Waals surface area contributed by atoms with Crippen LogP contribution in [0.1, 0.15) is 23.9 Å². The molecule has 0 aliphatic carbocycles. The van der Waals surface area contributed by atoms with Gasteiger partial charge < -0.3 is 10.6 Å². The normalized spacial score (nSPS) is 12.1. The number of nitrogens with one attached hydrogen (secondary N) is 2. The van der Waals surface area contributed by atoms with Gasteiger partial charge in [-0.05, 0) is 46.9 Å². The molecule has 1 atom stereocenters. The summed E-state index contributed by atoms with van der Waals surface area (Å²) in [7, 11) is 3.59. The molecule has 26 heavy (non-hydrogen) atoms.